The van der Waals surface area contributed by atoms with E-state index in [0.717, 1.165) is 30.2 Å². The van der Waals surface area contributed by atoms with Crippen LogP contribution in [0.25, 0.3) is 0 Å². The molecule has 0 aliphatic carbocycles. The lowest BCUT2D eigenvalue weighted by Crippen LogP contribution is -2.40. The van der Waals surface area contributed by atoms with Gasteiger partial charge >= 0.3 is 12.0 Å². The van der Waals surface area contributed by atoms with Gasteiger partial charge in [-0.2, -0.15) is 11.8 Å². The lowest BCUT2D eigenvalue weighted by Gasteiger charge is -2.26. The molecule has 0 saturated carbocycles. The summed E-state index contributed by atoms with van der Waals surface area (Å²) in [6.07, 6.45) is 0. The number of benzene rings is 1. The molecule has 1 aliphatic rings. The first-order valence-electron chi connectivity index (χ1n) is 6.05. The van der Waals surface area contributed by atoms with Crippen molar-refractivity contribution < 1.29 is 14.7 Å². The van der Waals surface area contributed by atoms with Gasteiger partial charge in [-0.05, 0) is 30.7 Å². The van der Waals surface area contributed by atoms with Crippen molar-refractivity contribution in [2.75, 3.05) is 29.9 Å². The van der Waals surface area contributed by atoms with Gasteiger partial charge in [0, 0.05) is 30.3 Å². The summed E-state index contributed by atoms with van der Waals surface area (Å²) in [7, 11) is 0. The average molecular weight is 280 g/mol. The van der Waals surface area contributed by atoms with E-state index in [-0.39, 0.29) is 11.6 Å². The molecule has 19 heavy (non-hydrogen) atoms. The molecule has 0 aromatic heterocycles. The Hall–Kier alpha value is -1.69. The number of aromatic carboxylic acids is 1. The summed E-state index contributed by atoms with van der Waals surface area (Å²) < 4.78 is 0. The van der Waals surface area contributed by atoms with Gasteiger partial charge in [0.15, 0.2) is 0 Å². The average Bonchev–Trinajstić information content (AvgIpc) is 2.41. The molecule has 0 unspecified atom stereocenters. The van der Waals surface area contributed by atoms with Crippen molar-refractivity contribution in [2.45, 2.75) is 6.92 Å². The lowest BCUT2D eigenvalue weighted by molar-refractivity contribution is 0.0697. The Kier molecular flexibility index (Phi) is 4.31. The largest absolute Gasteiger partial charge is 0.478 e. The molecule has 0 radical (unpaired) electrons. The molecule has 2 N–H and O–H groups in total. The minimum Gasteiger partial charge on any atom is -0.478 e. The zero-order chi connectivity index (χ0) is 13.8. The van der Waals surface area contributed by atoms with Gasteiger partial charge in [0.05, 0.1) is 5.56 Å². The third-order valence-corrected chi connectivity index (χ3v) is 3.96. The van der Waals surface area contributed by atoms with Gasteiger partial charge in [-0.15, -0.1) is 0 Å². The van der Waals surface area contributed by atoms with E-state index in [1.54, 1.807) is 24.0 Å². The molecule has 1 aliphatic heterocycles. The number of aryl methyl sites for hydroxylation is 1. The molecular weight excluding hydrogens is 264 g/mol. The minimum absolute atomic E-state index is 0.119. The van der Waals surface area contributed by atoms with Crippen LogP contribution in [-0.4, -0.2) is 46.6 Å². The van der Waals surface area contributed by atoms with E-state index < -0.39 is 5.97 Å². The van der Waals surface area contributed by atoms with E-state index >= 15 is 0 Å². The fraction of sp³-hybridized carbons (Fsp3) is 0.385. The quantitative estimate of drug-likeness (QED) is 0.872. The highest BCUT2D eigenvalue weighted by Crippen LogP contribution is 2.18. The second-order valence-corrected chi connectivity index (χ2v) is 5.59. The van der Waals surface area contributed by atoms with E-state index in [2.05, 4.69) is 5.32 Å². The summed E-state index contributed by atoms with van der Waals surface area (Å²) >= 11 is 1.84. The lowest BCUT2D eigenvalue weighted by atomic mass is 10.1. The van der Waals surface area contributed by atoms with Crippen molar-refractivity contribution in [3.8, 4) is 0 Å². The highest BCUT2D eigenvalue weighted by Gasteiger charge is 2.17. The van der Waals surface area contributed by atoms with Crippen LogP contribution in [0.4, 0.5) is 10.5 Å². The number of amides is 2. The number of carbonyl (C=O) groups excluding carboxylic acids is 1. The topological polar surface area (TPSA) is 69.6 Å². The summed E-state index contributed by atoms with van der Waals surface area (Å²) in [6.45, 7) is 3.29. The maximum atomic E-state index is 12.0. The van der Waals surface area contributed by atoms with Crippen LogP contribution in [0.15, 0.2) is 18.2 Å². The molecule has 1 saturated heterocycles. The van der Waals surface area contributed by atoms with Gasteiger partial charge in [-0.1, -0.05) is 0 Å². The Balaban J connectivity index is 2.06. The summed E-state index contributed by atoms with van der Waals surface area (Å²) in [6, 6.07) is 4.57. The summed E-state index contributed by atoms with van der Waals surface area (Å²) in [5, 5.41) is 11.7. The number of carboxylic acids is 1. The monoisotopic (exact) mass is 280 g/mol. The number of hydrogen-bond acceptors (Lipinski definition) is 3. The number of carbonyl (C=O) groups is 2. The number of anilines is 1. The molecule has 2 rings (SSSR count). The van der Waals surface area contributed by atoms with Crippen molar-refractivity contribution in [3.63, 3.8) is 0 Å². The van der Waals surface area contributed by atoms with Crippen LogP contribution in [0, 0.1) is 6.92 Å². The molecule has 1 aromatic rings. The van der Waals surface area contributed by atoms with Crippen LogP contribution in [0.2, 0.25) is 0 Å². The van der Waals surface area contributed by atoms with Gasteiger partial charge in [-0.3, -0.25) is 0 Å². The maximum Gasteiger partial charge on any atom is 0.335 e. The number of nitrogens with zero attached hydrogens (tertiary/aromatic N) is 1. The van der Waals surface area contributed by atoms with Gasteiger partial charge < -0.3 is 15.3 Å². The van der Waals surface area contributed by atoms with Gasteiger partial charge in [-0.25, -0.2) is 9.59 Å². The van der Waals surface area contributed by atoms with Gasteiger partial charge in [0.25, 0.3) is 0 Å². The van der Waals surface area contributed by atoms with E-state index in [1.165, 1.54) is 6.07 Å². The number of nitrogens with one attached hydrogen (secondary N) is 1. The first kappa shape index (κ1) is 13.7. The fourth-order valence-electron chi connectivity index (χ4n) is 1.90. The van der Waals surface area contributed by atoms with Crippen LogP contribution < -0.4 is 5.32 Å². The third-order valence-electron chi connectivity index (χ3n) is 3.01. The Bertz CT molecular complexity index is 499. The van der Waals surface area contributed by atoms with Crippen molar-refractivity contribution in [1.29, 1.82) is 0 Å². The highest BCUT2D eigenvalue weighted by atomic mass is 32.2. The van der Waals surface area contributed by atoms with Crippen LogP contribution >= 0.6 is 11.8 Å². The van der Waals surface area contributed by atoms with Crippen molar-refractivity contribution in [2.24, 2.45) is 0 Å². The molecular formula is C13H16N2O3S. The zero-order valence-electron chi connectivity index (χ0n) is 10.7. The molecule has 6 heteroatoms. The first-order chi connectivity index (χ1) is 9.08. The third kappa shape index (κ3) is 3.41. The van der Waals surface area contributed by atoms with Crippen LogP contribution in [0.3, 0.4) is 0 Å². The number of thioether (sulfide) groups is 1. The Labute approximate surface area is 116 Å². The molecule has 1 heterocycles. The Morgan fingerprint density at radius 3 is 2.58 bits per heavy atom. The Morgan fingerprint density at radius 2 is 2.00 bits per heavy atom. The van der Waals surface area contributed by atoms with E-state index in [4.69, 9.17) is 5.11 Å². The predicted molar refractivity (Wildman–Crippen MR) is 76.1 cm³/mol. The number of hydrogen-bond donors (Lipinski definition) is 2. The SMILES string of the molecule is Cc1cc(C(=O)O)ccc1NC(=O)N1CCSCC1. The maximum absolute atomic E-state index is 12.0. The van der Waals surface area contributed by atoms with Crippen molar-refractivity contribution in [1.82, 2.24) is 4.90 Å². The van der Waals surface area contributed by atoms with E-state index in [0.29, 0.717) is 5.69 Å². The van der Waals surface area contributed by atoms with Crippen molar-refractivity contribution in [3.05, 3.63) is 29.3 Å². The van der Waals surface area contributed by atoms with Crippen molar-refractivity contribution >= 4 is 29.4 Å². The molecule has 0 atom stereocenters. The van der Waals surface area contributed by atoms with E-state index in [1.807, 2.05) is 11.8 Å². The Morgan fingerprint density at radius 1 is 1.32 bits per heavy atom. The predicted octanol–water partition coefficient (Wildman–Crippen LogP) is 2.27. The summed E-state index contributed by atoms with van der Waals surface area (Å²) in [5.74, 6) is 0.961. The molecule has 1 aromatic carbocycles. The molecule has 1 fully saturated rings. The van der Waals surface area contributed by atoms with Gasteiger partial charge in [0.1, 0.15) is 0 Å². The summed E-state index contributed by atoms with van der Waals surface area (Å²) in [4.78, 5) is 24.6. The summed E-state index contributed by atoms with van der Waals surface area (Å²) in [5.41, 5.74) is 1.64. The van der Waals surface area contributed by atoms with Gasteiger partial charge in [0.2, 0.25) is 0 Å². The zero-order valence-corrected chi connectivity index (χ0v) is 11.5. The standard InChI is InChI=1S/C13H16N2O3S/c1-9-8-10(12(16)17)2-3-11(9)14-13(18)15-4-6-19-7-5-15/h2-3,8H,4-7H2,1H3,(H,14,18)(H,16,17). The van der Waals surface area contributed by atoms with Crippen LogP contribution in [0.5, 0.6) is 0 Å². The molecule has 102 valence electrons. The normalized spacial score (nSPS) is 15.1. The molecule has 5 nitrogen and oxygen atoms in total. The number of urea groups is 1. The number of carboxylic acid groups (broad SMARTS) is 1. The molecule has 0 bridgehead atoms. The second kappa shape index (κ2) is 5.97. The first-order valence-corrected chi connectivity index (χ1v) is 7.21. The smallest absolute Gasteiger partial charge is 0.335 e. The second-order valence-electron chi connectivity index (χ2n) is 4.36. The fourth-order valence-corrected chi connectivity index (χ4v) is 2.80. The molecule has 2 amide bonds. The van der Waals surface area contributed by atoms with Crippen LogP contribution in [-0.2, 0) is 0 Å². The minimum atomic E-state index is -0.964. The number of rotatable bonds is 2. The van der Waals surface area contributed by atoms with E-state index in [9.17, 15) is 9.59 Å². The highest BCUT2D eigenvalue weighted by molar-refractivity contribution is 7.99. The van der Waals surface area contributed by atoms with Crippen LogP contribution in [0.1, 0.15) is 15.9 Å². The molecule has 0 spiro atoms.